The lowest BCUT2D eigenvalue weighted by molar-refractivity contribution is 0.241. The van der Waals surface area contributed by atoms with Gasteiger partial charge in [0, 0.05) is 13.0 Å². The summed E-state index contributed by atoms with van der Waals surface area (Å²) in [4.78, 5) is 9.22. The second kappa shape index (κ2) is 5.35. The number of rotatable bonds is 5. The summed E-state index contributed by atoms with van der Waals surface area (Å²) in [5.74, 6) is 3.93. The largest absolute Gasteiger partial charge is 0.477 e. The molecule has 1 aromatic heterocycles. The first-order chi connectivity index (χ1) is 9.28. The predicted octanol–water partition coefficient (Wildman–Crippen LogP) is 3.27. The van der Waals surface area contributed by atoms with Crippen LogP contribution >= 0.6 is 0 Å². The topological polar surface area (TPSA) is 47.0 Å². The number of nitrogens with one attached hydrogen (secondary N) is 1. The van der Waals surface area contributed by atoms with Gasteiger partial charge in [0.25, 0.3) is 0 Å². The summed E-state index contributed by atoms with van der Waals surface area (Å²) in [5.41, 5.74) is 1.03. The van der Waals surface area contributed by atoms with Crippen molar-refractivity contribution in [3.63, 3.8) is 0 Å². The molecular weight excluding hydrogens is 238 g/mol. The van der Waals surface area contributed by atoms with Crippen LogP contribution in [0.3, 0.4) is 0 Å². The summed E-state index contributed by atoms with van der Waals surface area (Å²) in [5, 5.41) is 3.16. The van der Waals surface area contributed by atoms with Crippen LogP contribution in [-0.2, 0) is 0 Å². The van der Waals surface area contributed by atoms with E-state index in [0.717, 1.165) is 35.6 Å². The minimum Gasteiger partial charge on any atom is -0.477 e. The van der Waals surface area contributed by atoms with Crippen LogP contribution in [0.15, 0.2) is 0 Å². The lowest BCUT2D eigenvalue weighted by Crippen LogP contribution is -2.12. The molecule has 1 aromatic rings. The minimum atomic E-state index is 0.557. The van der Waals surface area contributed by atoms with Crippen molar-refractivity contribution < 1.29 is 4.74 Å². The highest BCUT2D eigenvalue weighted by Gasteiger charge is 2.28. The normalized spacial score (nSPS) is 19.7. The maximum absolute atomic E-state index is 5.99. The highest BCUT2D eigenvalue weighted by molar-refractivity contribution is 5.48. The Bertz CT molecular complexity index is 451. The third kappa shape index (κ3) is 2.82. The van der Waals surface area contributed by atoms with Gasteiger partial charge in [0.05, 0.1) is 12.2 Å². The third-order valence-electron chi connectivity index (χ3n) is 4.23. The van der Waals surface area contributed by atoms with Crippen LogP contribution in [0.4, 0.5) is 5.82 Å². The Labute approximate surface area is 115 Å². The van der Waals surface area contributed by atoms with E-state index < -0.39 is 0 Å². The van der Waals surface area contributed by atoms with Crippen molar-refractivity contribution in [2.45, 2.75) is 51.4 Å². The molecule has 4 heteroatoms. The molecule has 0 aromatic carbocycles. The number of aromatic nitrogens is 2. The van der Waals surface area contributed by atoms with E-state index in [9.17, 15) is 0 Å². The molecule has 3 rings (SSSR count). The van der Waals surface area contributed by atoms with Crippen LogP contribution in [-0.4, -0.2) is 23.6 Å². The molecule has 1 heterocycles. The zero-order chi connectivity index (χ0) is 13.2. The molecule has 2 fully saturated rings. The van der Waals surface area contributed by atoms with E-state index in [1.54, 1.807) is 0 Å². The molecule has 19 heavy (non-hydrogen) atoms. The monoisotopic (exact) mass is 261 g/mol. The summed E-state index contributed by atoms with van der Waals surface area (Å²) in [6.07, 6.45) is 7.75. The molecule has 0 unspecified atom stereocenters. The molecule has 2 aliphatic carbocycles. The van der Waals surface area contributed by atoms with Gasteiger partial charge < -0.3 is 10.1 Å². The number of anilines is 1. The Morgan fingerprint density at radius 1 is 1.16 bits per heavy atom. The highest BCUT2D eigenvalue weighted by Crippen LogP contribution is 2.40. The van der Waals surface area contributed by atoms with E-state index in [1.165, 1.54) is 38.5 Å². The van der Waals surface area contributed by atoms with Crippen molar-refractivity contribution in [1.82, 2.24) is 9.97 Å². The Morgan fingerprint density at radius 2 is 1.89 bits per heavy atom. The van der Waals surface area contributed by atoms with Crippen molar-refractivity contribution in [2.75, 3.05) is 19.0 Å². The predicted molar refractivity (Wildman–Crippen MR) is 75.7 cm³/mol. The Balaban J connectivity index is 1.75. The number of nitrogens with zero attached hydrogens (tertiary/aromatic N) is 2. The van der Waals surface area contributed by atoms with E-state index in [2.05, 4.69) is 15.3 Å². The Morgan fingerprint density at radius 3 is 2.53 bits per heavy atom. The van der Waals surface area contributed by atoms with E-state index in [-0.39, 0.29) is 0 Å². The molecule has 0 spiro atoms. The molecule has 2 saturated carbocycles. The minimum absolute atomic E-state index is 0.557. The maximum Gasteiger partial charge on any atom is 0.221 e. The van der Waals surface area contributed by atoms with Gasteiger partial charge in [0.2, 0.25) is 5.88 Å². The average molecular weight is 261 g/mol. The molecule has 0 aliphatic heterocycles. The van der Waals surface area contributed by atoms with Gasteiger partial charge in [-0.15, -0.1) is 0 Å². The summed E-state index contributed by atoms with van der Waals surface area (Å²) in [6, 6.07) is 0. The van der Waals surface area contributed by atoms with Gasteiger partial charge in [-0.05, 0) is 38.5 Å². The SMILES string of the molecule is CNc1nc(C2CC2)nc(OCC2CCCC2)c1C. The molecule has 4 nitrogen and oxygen atoms in total. The van der Waals surface area contributed by atoms with Crippen LogP contribution in [0.25, 0.3) is 0 Å². The Kier molecular flexibility index (Phi) is 3.58. The van der Waals surface area contributed by atoms with E-state index >= 15 is 0 Å². The van der Waals surface area contributed by atoms with Crippen molar-refractivity contribution >= 4 is 5.82 Å². The zero-order valence-corrected chi connectivity index (χ0v) is 11.9. The Hall–Kier alpha value is -1.32. The van der Waals surface area contributed by atoms with Gasteiger partial charge in [-0.1, -0.05) is 12.8 Å². The van der Waals surface area contributed by atoms with Crippen molar-refractivity contribution in [2.24, 2.45) is 5.92 Å². The second-order valence-corrected chi connectivity index (χ2v) is 5.85. The smallest absolute Gasteiger partial charge is 0.221 e. The summed E-state index contributed by atoms with van der Waals surface area (Å²) >= 11 is 0. The lowest BCUT2D eigenvalue weighted by Gasteiger charge is -2.15. The molecule has 0 radical (unpaired) electrons. The molecular formula is C15H23N3O. The van der Waals surface area contributed by atoms with Gasteiger partial charge >= 0.3 is 0 Å². The first kappa shape index (κ1) is 12.7. The van der Waals surface area contributed by atoms with Crippen LogP contribution in [0.2, 0.25) is 0 Å². The molecule has 0 saturated heterocycles. The van der Waals surface area contributed by atoms with Crippen molar-refractivity contribution in [1.29, 1.82) is 0 Å². The van der Waals surface area contributed by atoms with Crippen molar-refractivity contribution in [3.05, 3.63) is 11.4 Å². The molecule has 2 aliphatic rings. The molecule has 1 N–H and O–H groups in total. The zero-order valence-electron chi connectivity index (χ0n) is 11.9. The maximum atomic E-state index is 5.99. The molecule has 0 atom stereocenters. The number of hydrogen-bond donors (Lipinski definition) is 1. The summed E-state index contributed by atoms with van der Waals surface area (Å²) in [6.45, 7) is 2.84. The lowest BCUT2D eigenvalue weighted by atomic mass is 10.1. The van der Waals surface area contributed by atoms with Gasteiger partial charge in [0.15, 0.2) is 0 Å². The third-order valence-corrected chi connectivity index (χ3v) is 4.23. The van der Waals surface area contributed by atoms with Crippen molar-refractivity contribution in [3.8, 4) is 5.88 Å². The fourth-order valence-electron chi connectivity index (χ4n) is 2.79. The second-order valence-electron chi connectivity index (χ2n) is 5.85. The van der Waals surface area contributed by atoms with Gasteiger partial charge in [0.1, 0.15) is 11.6 Å². The van der Waals surface area contributed by atoms with Crippen LogP contribution in [0, 0.1) is 12.8 Å². The molecule has 0 bridgehead atoms. The first-order valence-electron chi connectivity index (χ1n) is 7.47. The molecule has 104 valence electrons. The van der Waals surface area contributed by atoms with Crippen LogP contribution in [0.1, 0.15) is 55.8 Å². The molecule has 0 amide bonds. The van der Waals surface area contributed by atoms with Crippen LogP contribution in [0.5, 0.6) is 5.88 Å². The van der Waals surface area contributed by atoms with Crippen LogP contribution < -0.4 is 10.1 Å². The highest BCUT2D eigenvalue weighted by atomic mass is 16.5. The fraction of sp³-hybridized carbons (Fsp3) is 0.733. The van der Waals surface area contributed by atoms with E-state index in [1.807, 2.05) is 14.0 Å². The van der Waals surface area contributed by atoms with Gasteiger partial charge in [-0.25, -0.2) is 4.98 Å². The quantitative estimate of drug-likeness (QED) is 0.883. The van der Waals surface area contributed by atoms with E-state index in [4.69, 9.17) is 4.74 Å². The number of ether oxygens (including phenoxy) is 1. The van der Waals surface area contributed by atoms with E-state index in [0.29, 0.717) is 5.92 Å². The van der Waals surface area contributed by atoms with Gasteiger partial charge in [-0.2, -0.15) is 4.98 Å². The number of hydrogen-bond acceptors (Lipinski definition) is 4. The van der Waals surface area contributed by atoms with Gasteiger partial charge in [-0.3, -0.25) is 0 Å². The standard InChI is InChI=1S/C15H23N3O/c1-10-13(16-2)17-14(12-7-8-12)18-15(10)19-9-11-5-3-4-6-11/h11-12H,3-9H2,1-2H3,(H,16,17,18). The average Bonchev–Trinajstić information content (AvgIpc) is 3.14. The first-order valence-corrected chi connectivity index (χ1v) is 7.47. The summed E-state index contributed by atoms with van der Waals surface area (Å²) < 4.78 is 5.99. The summed E-state index contributed by atoms with van der Waals surface area (Å²) in [7, 11) is 1.91. The fourth-order valence-corrected chi connectivity index (χ4v) is 2.79.